The van der Waals surface area contributed by atoms with E-state index in [9.17, 15) is 15.2 Å². The Labute approximate surface area is 114 Å². The van der Waals surface area contributed by atoms with E-state index < -0.39 is 4.92 Å². The van der Waals surface area contributed by atoms with Crippen molar-refractivity contribution in [3.8, 4) is 5.75 Å². The largest absolute Gasteiger partial charge is 0.507 e. The average molecular weight is 279 g/mol. The van der Waals surface area contributed by atoms with Gasteiger partial charge in [0.2, 0.25) is 0 Å². The Balaban J connectivity index is 2.02. The minimum atomic E-state index is -0.440. The fraction of sp³-hybridized carbons (Fsp3) is 0.250. The number of hydrogen-bond acceptors (Lipinski definition) is 5. The Morgan fingerprint density at radius 1 is 1.47 bits per heavy atom. The summed E-state index contributed by atoms with van der Waals surface area (Å²) in [5.41, 5.74) is 0. The minimum Gasteiger partial charge on any atom is -0.507 e. The number of para-hydroxylation sites is 1. The molecule has 2 rings (SSSR count). The van der Waals surface area contributed by atoms with Gasteiger partial charge in [0.25, 0.3) is 0 Å². The highest BCUT2D eigenvalue weighted by atomic mass is 32.2. The van der Waals surface area contributed by atoms with E-state index in [1.54, 1.807) is 23.6 Å². The number of aryl methyl sites for hydroxylation is 1. The standard InChI is InChI=1S/C12H13N3O3S/c1-9-13-8-12(15(17)18)14(9)6-7-19-11-5-3-2-4-10(11)16/h2-5,8,16H,6-7H2,1H3. The second kappa shape index (κ2) is 5.75. The molecule has 0 fully saturated rings. The van der Waals surface area contributed by atoms with Crippen LogP contribution < -0.4 is 0 Å². The number of thioether (sulfide) groups is 1. The van der Waals surface area contributed by atoms with E-state index in [2.05, 4.69) is 4.98 Å². The molecule has 0 atom stereocenters. The van der Waals surface area contributed by atoms with Crippen LogP contribution in [0.4, 0.5) is 5.82 Å². The van der Waals surface area contributed by atoms with Gasteiger partial charge in [-0.05, 0) is 17.1 Å². The number of phenolic OH excluding ortho intramolecular Hbond substituents is 1. The van der Waals surface area contributed by atoms with Gasteiger partial charge in [0, 0.05) is 17.6 Å². The van der Waals surface area contributed by atoms with Crippen LogP contribution in [-0.2, 0) is 6.54 Å². The second-order valence-corrected chi connectivity index (χ2v) is 5.03. The number of benzene rings is 1. The van der Waals surface area contributed by atoms with Crippen molar-refractivity contribution < 1.29 is 10.0 Å². The van der Waals surface area contributed by atoms with E-state index in [-0.39, 0.29) is 11.6 Å². The molecule has 0 saturated carbocycles. The van der Waals surface area contributed by atoms with E-state index >= 15 is 0 Å². The monoisotopic (exact) mass is 279 g/mol. The number of nitro groups is 1. The third kappa shape index (κ3) is 3.05. The van der Waals surface area contributed by atoms with Gasteiger partial charge in [0.1, 0.15) is 18.5 Å². The Hall–Kier alpha value is -2.02. The van der Waals surface area contributed by atoms with Gasteiger partial charge in [-0.15, -0.1) is 11.8 Å². The number of imidazole rings is 1. The second-order valence-electron chi connectivity index (χ2n) is 3.89. The predicted molar refractivity (Wildman–Crippen MR) is 72.4 cm³/mol. The SMILES string of the molecule is Cc1ncc([N+](=O)[O-])n1CCSc1ccccc1O. The lowest BCUT2D eigenvalue weighted by Crippen LogP contribution is -2.06. The van der Waals surface area contributed by atoms with Crippen LogP contribution in [0, 0.1) is 17.0 Å². The van der Waals surface area contributed by atoms with E-state index in [0.717, 1.165) is 4.90 Å². The lowest BCUT2D eigenvalue weighted by Gasteiger charge is -2.04. The quantitative estimate of drug-likeness (QED) is 0.517. The fourth-order valence-corrected chi connectivity index (χ4v) is 2.59. The highest BCUT2D eigenvalue weighted by Gasteiger charge is 2.16. The summed E-state index contributed by atoms with van der Waals surface area (Å²) in [5.74, 6) is 1.46. The molecule has 0 spiro atoms. The van der Waals surface area contributed by atoms with Crippen molar-refractivity contribution in [2.45, 2.75) is 18.4 Å². The molecule has 1 aromatic carbocycles. The number of aromatic nitrogens is 2. The smallest absolute Gasteiger partial charge is 0.342 e. The zero-order valence-electron chi connectivity index (χ0n) is 10.3. The van der Waals surface area contributed by atoms with Crippen LogP contribution in [0.3, 0.4) is 0 Å². The van der Waals surface area contributed by atoms with E-state index in [1.165, 1.54) is 18.0 Å². The molecule has 19 heavy (non-hydrogen) atoms. The molecule has 0 aliphatic carbocycles. The minimum absolute atomic E-state index is 0.00427. The predicted octanol–water partition coefficient (Wildman–Crippen LogP) is 2.60. The van der Waals surface area contributed by atoms with Crippen LogP contribution in [0.15, 0.2) is 35.4 Å². The number of rotatable bonds is 5. The summed E-state index contributed by atoms with van der Waals surface area (Å²) in [6, 6.07) is 7.03. The Kier molecular flexibility index (Phi) is 4.06. The lowest BCUT2D eigenvalue weighted by molar-refractivity contribution is -0.392. The summed E-state index contributed by atoms with van der Waals surface area (Å²) in [7, 11) is 0. The topological polar surface area (TPSA) is 81.2 Å². The van der Waals surface area contributed by atoms with Crippen LogP contribution >= 0.6 is 11.8 Å². The summed E-state index contributed by atoms with van der Waals surface area (Å²) >= 11 is 1.45. The van der Waals surface area contributed by atoms with Crippen molar-refractivity contribution in [2.75, 3.05) is 5.75 Å². The van der Waals surface area contributed by atoms with Gasteiger partial charge in [0.05, 0.1) is 0 Å². The summed E-state index contributed by atoms with van der Waals surface area (Å²) in [4.78, 5) is 15.1. The number of phenols is 1. The van der Waals surface area contributed by atoms with E-state index in [0.29, 0.717) is 18.1 Å². The highest BCUT2D eigenvalue weighted by molar-refractivity contribution is 7.99. The molecule has 1 N–H and O–H groups in total. The van der Waals surface area contributed by atoms with Crippen LogP contribution in [0.1, 0.15) is 5.82 Å². The van der Waals surface area contributed by atoms with Crippen molar-refractivity contribution in [1.29, 1.82) is 0 Å². The van der Waals surface area contributed by atoms with Gasteiger partial charge in [-0.1, -0.05) is 12.1 Å². The fourth-order valence-electron chi connectivity index (χ4n) is 1.70. The van der Waals surface area contributed by atoms with Crippen molar-refractivity contribution in [3.63, 3.8) is 0 Å². The van der Waals surface area contributed by atoms with Crippen LogP contribution in [0.5, 0.6) is 5.75 Å². The summed E-state index contributed by atoms with van der Waals surface area (Å²) < 4.78 is 1.56. The molecule has 0 aliphatic rings. The van der Waals surface area contributed by atoms with Crippen molar-refractivity contribution in [3.05, 3.63) is 46.4 Å². The molecule has 0 saturated heterocycles. The maximum absolute atomic E-state index is 10.8. The Morgan fingerprint density at radius 2 is 2.21 bits per heavy atom. The van der Waals surface area contributed by atoms with Crippen molar-refractivity contribution >= 4 is 17.6 Å². The van der Waals surface area contributed by atoms with E-state index in [1.807, 2.05) is 12.1 Å². The zero-order valence-corrected chi connectivity index (χ0v) is 11.1. The molecule has 0 aliphatic heterocycles. The van der Waals surface area contributed by atoms with E-state index in [4.69, 9.17) is 0 Å². The van der Waals surface area contributed by atoms with Crippen molar-refractivity contribution in [2.24, 2.45) is 0 Å². The highest BCUT2D eigenvalue weighted by Crippen LogP contribution is 2.28. The van der Waals surface area contributed by atoms with Crippen molar-refractivity contribution in [1.82, 2.24) is 9.55 Å². The van der Waals surface area contributed by atoms with Gasteiger partial charge >= 0.3 is 5.82 Å². The molecule has 0 bridgehead atoms. The first kappa shape index (κ1) is 13.4. The first-order chi connectivity index (χ1) is 9.09. The first-order valence-corrected chi connectivity index (χ1v) is 6.65. The summed E-state index contributed by atoms with van der Waals surface area (Å²) in [5, 5.41) is 20.4. The Bertz CT molecular complexity index is 598. The zero-order chi connectivity index (χ0) is 13.8. The van der Waals surface area contributed by atoms with Crippen LogP contribution in [0.25, 0.3) is 0 Å². The van der Waals surface area contributed by atoms with Gasteiger partial charge in [-0.2, -0.15) is 0 Å². The van der Waals surface area contributed by atoms with Gasteiger partial charge < -0.3 is 15.2 Å². The third-order valence-corrected chi connectivity index (χ3v) is 3.70. The number of nitrogens with zero attached hydrogens (tertiary/aromatic N) is 3. The van der Waals surface area contributed by atoms with Gasteiger partial charge in [-0.3, -0.25) is 0 Å². The average Bonchev–Trinajstić information content (AvgIpc) is 2.74. The molecule has 7 heteroatoms. The van der Waals surface area contributed by atoms with Crippen LogP contribution in [0.2, 0.25) is 0 Å². The van der Waals surface area contributed by atoms with Gasteiger partial charge in [-0.25, -0.2) is 9.55 Å². The molecule has 100 valence electrons. The van der Waals surface area contributed by atoms with Gasteiger partial charge in [0.15, 0.2) is 5.82 Å². The molecule has 0 radical (unpaired) electrons. The maximum Gasteiger partial charge on any atom is 0.342 e. The molecule has 6 nitrogen and oxygen atoms in total. The molecule has 1 aromatic heterocycles. The molecular weight excluding hydrogens is 266 g/mol. The number of aromatic hydroxyl groups is 1. The summed E-state index contributed by atoms with van der Waals surface area (Å²) in [6.45, 7) is 2.21. The third-order valence-electron chi connectivity index (χ3n) is 2.66. The van der Waals surface area contributed by atoms with Crippen LogP contribution in [-0.4, -0.2) is 25.3 Å². The summed E-state index contributed by atoms with van der Waals surface area (Å²) in [6.07, 6.45) is 1.26. The molecule has 0 amide bonds. The molecular formula is C12H13N3O3S. The Morgan fingerprint density at radius 3 is 2.89 bits per heavy atom. The maximum atomic E-state index is 10.8. The molecule has 0 unspecified atom stereocenters. The number of hydrogen-bond donors (Lipinski definition) is 1. The molecule has 2 aromatic rings. The molecule has 1 heterocycles. The normalized spacial score (nSPS) is 10.6. The lowest BCUT2D eigenvalue weighted by atomic mass is 10.3. The first-order valence-electron chi connectivity index (χ1n) is 5.67.